The van der Waals surface area contributed by atoms with Crippen molar-refractivity contribution in [2.75, 3.05) is 0 Å². The molecular weight excluding hydrogens is 424 g/mol. The van der Waals surface area contributed by atoms with Crippen LogP contribution in [-0.4, -0.2) is 4.57 Å². The molecule has 0 N–H and O–H groups in total. The van der Waals surface area contributed by atoms with Gasteiger partial charge in [0.15, 0.2) is 11.5 Å². The van der Waals surface area contributed by atoms with E-state index in [2.05, 4.69) is 46.3 Å². The summed E-state index contributed by atoms with van der Waals surface area (Å²) in [7, 11) is 0. The molecule has 0 saturated carbocycles. The van der Waals surface area contributed by atoms with Crippen molar-refractivity contribution in [1.29, 1.82) is 5.26 Å². The Morgan fingerprint density at radius 3 is 2.38 bits per heavy atom. The first-order chi connectivity index (χ1) is 16.4. The molecule has 0 aliphatic rings. The molecule has 6 heteroatoms. The summed E-state index contributed by atoms with van der Waals surface area (Å²) in [6, 6.07) is 17.5. The van der Waals surface area contributed by atoms with Gasteiger partial charge in [0, 0.05) is 23.0 Å². The first kappa shape index (κ1) is 22.5. The summed E-state index contributed by atoms with van der Waals surface area (Å²) in [5, 5.41) is 10.1. The smallest absolute Gasteiger partial charge is 0.265 e. The lowest BCUT2D eigenvalue weighted by molar-refractivity contribution is 0.523. The van der Waals surface area contributed by atoms with E-state index in [9.17, 15) is 0 Å². The van der Waals surface area contributed by atoms with E-state index in [4.69, 9.17) is 27.2 Å². The Balaban J connectivity index is 1.79. The topological polar surface area (TPSA) is 63.7 Å². The molecular formula is C28H22N4O2. The minimum absolute atomic E-state index is 0.0208. The quantitative estimate of drug-likeness (QED) is 0.223. The number of rotatable bonds is 6. The molecule has 4 rings (SSSR count). The van der Waals surface area contributed by atoms with Crippen molar-refractivity contribution < 1.29 is 8.83 Å². The predicted molar refractivity (Wildman–Crippen MR) is 133 cm³/mol. The standard InChI is InChI=1S/C28H22N4O2/c1-18(2)17-32-25-14-21(27-10-8-23(33-27)12-19(3)30-4)7-6-20(25)13-26(32)28-11-9-24(34-28)15-22(16-29)31-5/h6-15,18H,17H2,1-3H3/b19-12-,22-15+. The summed E-state index contributed by atoms with van der Waals surface area (Å²) < 4.78 is 14.2. The molecule has 3 aromatic heterocycles. The van der Waals surface area contributed by atoms with Crippen molar-refractivity contribution in [2.45, 2.75) is 27.3 Å². The van der Waals surface area contributed by atoms with Crippen molar-refractivity contribution in [3.63, 3.8) is 0 Å². The lowest BCUT2D eigenvalue weighted by Gasteiger charge is -2.12. The van der Waals surface area contributed by atoms with Crippen LogP contribution >= 0.6 is 0 Å². The van der Waals surface area contributed by atoms with E-state index in [0.717, 1.165) is 34.5 Å². The van der Waals surface area contributed by atoms with Crippen LogP contribution < -0.4 is 0 Å². The van der Waals surface area contributed by atoms with E-state index in [1.54, 1.807) is 19.1 Å². The molecule has 0 aliphatic heterocycles. The second kappa shape index (κ2) is 9.41. The van der Waals surface area contributed by atoms with E-state index < -0.39 is 0 Å². The minimum atomic E-state index is -0.0208. The first-order valence-electron chi connectivity index (χ1n) is 10.8. The van der Waals surface area contributed by atoms with Gasteiger partial charge < -0.3 is 13.4 Å². The van der Waals surface area contributed by atoms with Crippen LogP contribution in [0.2, 0.25) is 0 Å². The van der Waals surface area contributed by atoms with Gasteiger partial charge in [0.05, 0.1) is 24.9 Å². The van der Waals surface area contributed by atoms with Gasteiger partial charge in [-0.05, 0) is 61.4 Å². The summed E-state index contributed by atoms with van der Waals surface area (Å²) in [6.07, 6.45) is 3.17. The van der Waals surface area contributed by atoms with Gasteiger partial charge in [0.2, 0.25) is 0 Å². The predicted octanol–water partition coefficient (Wildman–Crippen LogP) is 7.88. The second-order valence-corrected chi connectivity index (χ2v) is 8.36. The van der Waals surface area contributed by atoms with Gasteiger partial charge in [-0.15, -0.1) is 0 Å². The Hall–Kier alpha value is -4.73. The average Bonchev–Trinajstić information content (AvgIpc) is 3.56. The summed E-state index contributed by atoms with van der Waals surface area (Å²) in [6.45, 7) is 21.0. The van der Waals surface area contributed by atoms with E-state index in [1.165, 1.54) is 6.08 Å². The van der Waals surface area contributed by atoms with Gasteiger partial charge in [0.1, 0.15) is 17.3 Å². The molecule has 34 heavy (non-hydrogen) atoms. The molecule has 0 spiro atoms. The normalized spacial score (nSPS) is 12.0. The lowest BCUT2D eigenvalue weighted by atomic mass is 10.1. The molecule has 0 amide bonds. The SMILES string of the molecule is [C-]#[N+]/C(C)=C\c1ccc(-c2ccc3cc(-c4ccc(/C=C(\C#N)[N+]#[C-])o4)n(CC(C)C)c3c2)o1. The molecule has 0 fully saturated rings. The molecule has 6 nitrogen and oxygen atoms in total. The Morgan fingerprint density at radius 1 is 1.00 bits per heavy atom. The summed E-state index contributed by atoms with van der Waals surface area (Å²) in [4.78, 5) is 6.60. The molecule has 4 aromatic rings. The maximum Gasteiger partial charge on any atom is 0.265 e. The maximum atomic E-state index is 9.03. The highest BCUT2D eigenvalue weighted by Gasteiger charge is 2.16. The highest BCUT2D eigenvalue weighted by atomic mass is 16.3. The molecule has 0 saturated heterocycles. The Bertz CT molecular complexity index is 1540. The fourth-order valence-corrected chi connectivity index (χ4v) is 3.79. The summed E-state index contributed by atoms with van der Waals surface area (Å²) in [5.74, 6) is 2.92. The third kappa shape index (κ3) is 4.56. The lowest BCUT2D eigenvalue weighted by Crippen LogP contribution is -2.05. The third-order valence-electron chi connectivity index (χ3n) is 5.28. The zero-order valence-corrected chi connectivity index (χ0v) is 19.2. The Labute approximate surface area is 198 Å². The summed E-state index contributed by atoms with van der Waals surface area (Å²) >= 11 is 0. The monoisotopic (exact) mass is 446 g/mol. The number of fused-ring (bicyclic) bond motifs is 1. The average molecular weight is 447 g/mol. The van der Waals surface area contributed by atoms with Crippen molar-refractivity contribution in [3.05, 3.63) is 94.3 Å². The zero-order valence-electron chi connectivity index (χ0n) is 19.2. The molecule has 166 valence electrons. The van der Waals surface area contributed by atoms with Gasteiger partial charge in [-0.2, -0.15) is 0 Å². The van der Waals surface area contributed by atoms with Gasteiger partial charge in [-0.1, -0.05) is 26.0 Å². The molecule has 0 atom stereocenters. The van der Waals surface area contributed by atoms with Gasteiger partial charge in [-0.3, -0.25) is 0 Å². The minimum Gasteiger partial charge on any atom is -0.458 e. The number of allylic oxidation sites excluding steroid dienone is 2. The van der Waals surface area contributed by atoms with Crippen LogP contribution in [0.5, 0.6) is 0 Å². The highest BCUT2D eigenvalue weighted by Crippen LogP contribution is 2.34. The number of hydrogen-bond acceptors (Lipinski definition) is 3. The van der Waals surface area contributed by atoms with Gasteiger partial charge >= 0.3 is 0 Å². The highest BCUT2D eigenvalue weighted by molar-refractivity contribution is 5.89. The number of benzene rings is 1. The van der Waals surface area contributed by atoms with Crippen LogP contribution in [0.25, 0.3) is 55.5 Å². The van der Waals surface area contributed by atoms with E-state index in [1.807, 2.05) is 30.3 Å². The van der Waals surface area contributed by atoms with E-state index in [-0.39, 0.29) is 5.70 Å². The fraction of sp³-hybridized carbons (Fsp3) is 0.179. The number of nitrogens with zero attached hydrogens (tertiary/aromatic N) is 4. The molecule has 0 bridgehead atoms. The third-order valence-corrected chi connectivity index (χ3v) is 5.28. The van der Waals surface area contributed by atoms with Crippen molar-refractivity contribution in [2.24, 2.45) is 5.92 Å². The van der Waals surface area contributed by atoms with Crippen molar-refractivity contribution in [1.82, 2.24) is 4.57 Å². The molecule has 0 unspecified atom stereocenters. The fourth-order valence-electron chi connectivity index (χ4n) is 3.79. The van der Waals surface area contributed by atoms with E-state index >= 15 is 0 Å². The van der Waals surface area contributed by atoms with Crippen LogP contribution in [0.15, 0.2) is 68.8 Å². The maximum absolute atomic E-state index is 9.03. The van der Waals surface area contributed by atoms with Gasteiger partial charge in [-0.25, -0.2) is 15.0 Å². The molecule has 1 aromatic carbocycles. The molecule has 0 radical (unpaired) electrons. The number of furan rings is 2. The van der Waals surface area contributed by atoms with E-state index in [0.29, 0.717) is 28.9 Å². The Morgan fingerprint density at radius 2 is 1.71 bits per heavy atom. The molecule has 3 heterocycles. The summed E-state index contributed by atoms with van der Waals surface area (Å²) in [5.41, 5.74) is 3.48. The number of nitriles is 1. The van der Waals surface area contributed by atoms with Crippen molar-refractivity contribution >= 4 is 23.1 Å². The zero-order chi connectivity index (χ0) is 24.2. The number of aromatic nitrogens is 1. The first-order valence-corrected chi connectivity index (χ1v) is 10.8. The second-order valence-electron chi connectivity index (χ2n) is 8.36. The van der Waals surface area contributed by atoms with Crippen LogP contribution in [0.4, 0.5) is 0 Å². The van der Waals surface area contributed by atoms with Crippen molar-refractivity contribution in [3.8, 4) is 28.8 Å². The van der Waals surface area contributed by atoms with Crippen LogP contribution in [0.1, 0.15) is 32.3 Å². The Kier molecular flexibility index (Phi) is 6.22. The molecule has 0 aliphatic carbocycles. The van der Waals surface area contributed by atoms with Crippen LogP contribution in [0, 0.1) is 30.4 Å². The van der Waals surface area contributed by atoms with Gasteiger partial charge in [0.25, 0.3) is 5.70 Å². The number of hydrogen-bond donors (Lipinski definition) is 0. The van der Waals surface area contributed by atoms with Crippen LogP contribution in [0.3, 0.4) is 0 Å². The van der Waals surface area contributed by atoms with Crippen LogP contribution in [-0.2, 0) is 6.54 Å². The largest absolute Gasteiger partial charge is 0.458 e.